The Hall–Kier alpha value is -1.74. The molecule has 2 aromatic heterocycles. The van der Waals surface area contributed by atoms with Crippen LogP contribution in [-0.4, -0.2) is 29.4 Å². The first-order valence-corrected chi connectivity index (χ1v) is 7.68. The number of anilines is 1. The van der Waals surface area contributed by atoms with Crippen molar-refractivity contribution in [3.63, 3.8) is 0 Å². The Kier molecular flexibility index (Phi) is 3.96. The third kappa shape index (κ3) is 3.38. The van der Waals surface area contributed by atoms with Crippen molar-refractivity contribution >= 4 is 27.4 Å². The van der Waals surface area contributed by atoms with E-state index in [2.05, 4.69) is 19.1 Å². The van der Waals surface area contributed by atoms with Crippen LogP contribution in [0.4, 0.5) is 5.82 Å². The molecule has 0 unspecified atom stereocenters. The third-order valence-corrected chi connectivity index (χ3v) is 4.70. The number of ether oxygens (including phenoxy) is 1. The zero-order valence-corrected chi connectivity index (χ0v) is 12.0. The molecule has 0 fully saturated rings. The monoisotopic (exact) mass is 300 g/mol. The van der Waals surface area contributed by atoms with Crippen LogP contribution in [0, 0.1) is 6.92 Å². The first-order chi connectivity index (χ1) is 9.01. The van der Waals surface area contributed by atoms with Gasteiger partial charge >= 0.3 is 0 Å². The zero-order valence-electron chi connectivity index (χ0n) is 10.3. The van der Waals surface area contributed by atoms with Gasteiger partial charge in [0.05, 0.1) is 24.7 Å². The van der Waals surface area contributed by atoms with Crippen molar-refractivity contribution in [2.75, 3.05) is 11.3 Å². The fraction of sp³-hybridized carbons (Fsp3) is 0.300. The summed E-state index contributed by atoms with van der Waals surface area (Å²) in [6.07, 6.45) is 2.73. The van der Waals surface area contributed by atoms with E-state index >= 15 is 0 Å². The first-order valence-electron chi connectivity index (χ1n) is 5.42. The van der Waals surface area contributed by atoms with Gasteiger partial charge in [0.2, 0.25) is 5.88 Å². The maximum Gasteiger partial charge on any atom is 0.274 e. The minimum Gasteiger partial charge on any atom is -0.477 e. The first kappa shape index (κ1) is 13.7. The molecule has 2 aromatic rings. The molecule has 0 spiro atoms. The van der Waals surface area contributed by atoms with E-state index in [1.54, 1.807) is 13.8 Å². The summed E-state index contributed by atoms with van der Waals surface area (Å²) in [5.41, 5.74) is 0.652. The van der Waals surface area contributed by atoms with Gasteiger partial charge in [-0.25, -0.2) is 8.42 Å². The number of sulfonamides is 1. The molecule has 1 N–H and O–H groups in total. The average molecular weight is 300 g/mol. The second-order valence-electron chi connectivity index (χ2n) is 3.57. The maximum atomic E-state index is 12.0. The van der Waals surface area contributed by atoms with Gasteiger partial charge in [-0.15, -0.1) is 0 Å². The molecule has 2 rings (SSSR count). The Morgan fingerprint density at radius 2 is 2.21 bits per heavy atom. The number of rotatable bonds is 5. The predicted octanol–water partition coefficient (Wildman–Crippen LogP) is 1.44. The van der Waals surface area contributed by atoms with Crippen LogP contribution in [0.25, 0.3) is 0 Å². The van der Waals surface area contributed by atoms with Gasteiger partial charge in [-0.2, -0.15) is 9.36 Å². The van der Waals surface area contributed by atoms with Gasteiger partial charge in [0.15, 0.2) is 10.0 Å². The second-order valence-corrected chi connectivity index (χ2v) is 6.28. The fourth-order valence-corrected chi connectivity index (χ4v) is 3.21. The van der Waals surface area contributed by atoms with Crippen molar-refractivity contribution in [1.82, 2.24) is 14.3 Å². The van der Waals surface area contributed by atoms with E-state index in [9.17, 15) is 8.42 Å². The lowest BCUT2D eigenvalue weighted by Gasteiger charge is -2.06. The summed E-state index contributed by atoms with van der Waals surface area (Å²) in [4.78, 5) is 7.85. The Labute approximate surface area is 114 Å². The molecule has 9 heteroatoms. The topological polar surface area (TPSA) is 94.1 Å². The summed E-state index contributed by atoms with van der Waals surface area (Å²) in [6, 6.07) is 1.49. The molecule has 0 amide bonds. The largest absolute Gasteiger partial charge is 0.477 e. The predicted molar refractivity (Wildman–Crippen MR) is 70.9 cm³/mol. The SMILES string of the molecule is CCOc1cncc(NS(=O)(=O)c2cc(C)ns2)n1. The number of hydrogen-bond acceptors (Lipinski definition) is 7. The molecule has 0 bridgehead atoms. The summed E-state index contributed by atoms with van der Waals surface area (Å²) >= 11 is 0.910. The quantitative estimate of drug-likeness (QED) is 0.898. The highest BCUT2D eigenvalue weighted by Gasteiger charge is 2.18. The number of nitrogens with one attached hydrogen (secondary N) is 1. The molecule has 0 aliphatic heterocycles. The summed E-state index contributed by atoms with van der Waals surface area (Å²) in [7, 11) is -3.68. The van der Waals surface area contributed by atoms with Gasteiger partial charge in [0, 0.05) is 0 Å². The molecule has 2 heterocycles. The van der Waals surface area contributed by atoms with Gasteiger partial charge in [0.1, 0.15) is 0 Å². The van der Waals surface area contributed by atoms with Crippen LogP contribution >= 0.6 is 11.5 Å². The summed E-state index contributed by atoms with van der Waals surface area (Å²) in [5, 5.41) is 0. The molecule has 0 atom stereocenters. The lowest BCUT2D eigenvalue weighted by molar-refractivity contribution is 0.326. The molecule has 0 saturated heterocycles. The standard InChI is InChI=1S/C10H12N4O3S2/c1-3-17-9-6-11-5-8(12-9)14-19(15,16)10-4-7(2)13-18-10/h4-6H,3H2,1-2H3,(H,12,14). The van der Waals surface area contributed by atoms with Gasteiger partial charge in [-0.05, 0) is 31.4 Å². The Morgan fingerprint density at radius 3 is 2.84 bits per heavy atom. The van der Waals surface area contributed by atoms with Crippen LogP contribution in [0.1, 0.15) is 12.6 Å². The Morgan fingerprint density at radius 1 is 1.42 bits per heavy atom. The number of nitrogens with zero attached hydrogens (tertiary/aromatic N) is 3. The maximum absolute atomic E-state index is 12.0. The zero-order chi connectivity index (χ0) is 13.9. The molecular weight excluding hydrogens is 288 g/mol. The van der Waals surface area contributed by atoms with Crippen LogP contribution in [0.2, 0.25) is 0 Å². The summed E-state index contributed by atoms with van der Waals surface area (Å²) in [6.45, 7) is 3.96. The van der Waals surface area contributed by atoms with Crippen LogP contribution in [-0.2, 0) is 10.0 Å². The van der Waals surface area contributed by atoms with Crippen LogP contribution in [0.3, 0.4) is 0 Å². The molecule has 0 aliphatic rings. The molecule has 19 heavy (non-hydrogen) atoms. The molecule has 0 aliphatic carbocycles. The van der Waals surface area contributed by atoms with E-state index in [4.69, 9.17) is 4.74 Å². The minimum atomic E-state index is -3.68. The van der Waals surface area contributed by atoms with E-state index in [0.717, 1.165) is 11.5 Å². The highest BCUT2D eigenvalue weighted by Crippen LogP contribution is 2.19. The Balaban J connectivity index is 2.23. The highest BCUT2D eigenvalue weighted by molar-refractivity contribution is 7.94. The fourth-order valence-electron chi connectivity index (χ4n) is 1.27. The van der Waals surface area contributed by atoms with Crippen LogP contribution < -0.4 is 9.46 Å². The van der Waals surface area contributed by atoms with E-state index < -0.39 is 10.0 Å². The summed E-state index contributed by atoms with van der Waals surface area (Å²) < 4.78 is 35.6. The van der Waals surface area contributed by atoms with Crippen molar-refractivity contribution in [3.8, 4) is 5.88 Å². The van der Waals surface area contributed by atoms with Gasteiger partial charge in [0.25, 0.3) is 10.0 Å². The van der Waals surface area contributed by atoms with E-state index in [-0.39, 0.29) is 15.9 Å². The van der Waals surface area contributed by atoms with Gasteiger partial charge < -0.3 is 4.74 Å². The van der Waals surface area contributed by atoms with Crippen molar-refractivity contribution in [1.29, 1.82) is 0 Å². The average Bonchev–Trinajstić information content (AvgIpc) is 2.77. The van der Waals surface area contributed by atoms with Crippen molar-refractivity contribution in [2.24, 2.45) is 0 Å². The van der Waals surface area contributed by atoms with Gasteiger partial charge in [-0.3, -0.25) is 9.71 Å². The Bertz CT molecular complexity index is 669. The molecular formula is C10H12N4O3S2. The second kappa shape index (κ2) is 5.49. The van der Waals surface area contributed by atoms with Crippen molar-refractivity contribution in [2.45, 2.75) is 18.1 Å². The summed E-state index contributed by atoms with van der Waals surface area (Å²) in [5.74, 6) is 0.375. The normalized spacial score (nSPS) is 11.3. The third-order valence-electron chi connectivity index (χ3n) is 2.01. The number of aromatic nitrogens is 3. The lowest BCUT2D eigenvalue weighted by atomic mass is 10.5. The smallest absolute Gasteiger partial charge is 0.274 e. The molecule has 0 radical (unpaired) electrons. The molecule has 0 saturated carbocycles. The molecule has 0 aromatic carbocycles. The molecule has 7 nitrogen and oxygen atoms in total. The lowest BCUT2D eigenvalue weighted by Crippen LogP contribution is -2.13. The van der Waals surface area contributed by atoms with Crippen molar-refractivity contribution in [3.05, 3.63) is 24.2 Å². The van der Waals surface area contributed by atoms with Crippen LogP contribution in [0.15, 0.2) is 22.7 Å². The minimum absolute atomic E-state index is 0.108. The number of hydrogen-bond donors (Lipinski definition) is 1. The van der Waals surface area contributed by atoms with Gasteiger partial charge in [-0.1, -0.05) is 0 Å². The van der Waals surface area contributed by atoms with E-state index in [1.807, 2.05) is 0 Å². The van der Waals surface area contributed by atoms with Crippen molar-refractivity contribution < 1.29 is 13.2 Å². The van der Waals surface area contributed by atoms with Crippen LogP contribution in [0.5, 0.6) is 5.88 Å². The van der Waals surface area contributed by atoms with E-state index in [0.29, 0.717) is 12.3 Å². The van der Waals surface area contributed by atoms with E-state index in [1.165, 1.54) is 18.5 Å². The molecule has 102 valence electrons. The highest BCUT2D eigenvalue weighted by atomic mass is 32.2. The number of aryl methyl sites for hydroxylation is 1.